The van der Waals surface area contributed by atoms with Crippen LogP contribution >= 0.6 is 0 Å². The van der Waals surface area contributed by atoms with Gasteiger partial charge in [-0.2, -0.15) is 0 Å². The second-order valence-corrected chi connectivity index (χ2v) is 12.1. The number of nitrogens with one attached hydrogen (secondary N) is 1. The predicted molar refractivity (Wildman–Crippen MR) is 132 cm³/mol. The van der Waals surface area contributed by atoms with E-state index in [-0.39, 0.29) is 23.0 Å². The molecule has 0 aromatic heterocycles. The summed E-state index contributed by atoms with van der Waals surface area (Å²) < 4.78 is 27.0. The Kier molecular flexibility index (Phi) is 8.56. The first kappa shape index (κ1) is 25.0. The molecule has 1 fully saturated rings. The van der Waals surface area contributed by atoms with Gasteiger partial charge in [0.25, 0.3) is 0 Å². The Hall–Kier alpha value is -1.66. The third kappa shape index (κ3) is 6.67. The van der Waals surface area contributed by atoms with Crippen LogP contribution in [-0.4, -0.2) is 42.9 Å². The van der Waals surface area contributed by atoms with Crippen molar-refractivity contribution in [2.24, 2.45) is 5.92 Å². The average molecular weight is 461 g/mol. The average Bonchev–Trinajstić information content (AvgIpc) is 2.75. The Labute approximate surface area is 194 Å². The number of allylic oxidation sites excluding steroid dienone is 1. The molecule has 32 heavy (non-hydrogen) atoms. The summed E-state index contributed by atoms with van der Waals surface area (Å²) in [5.74, 6) is 0.229. The van der Waals surface area contributed by atoms with Crippen molar-refractivity contribution in [3.63, 3.8) is 0 Å². The number of unbranched alkanes of at least 4 members (excludes halogenated alkanes) is 5. The van der Waals surface area contributed by atoms with Crippen molar-refractivity contribution in [3.05, 3.63) is 41.5 Å². The van der Waals surface area contributed by atoms with E-state index in [1.54, 1.807) is 10.4 Å². The number of fused-ring (bicyclic) bond motifs is 1. The fraction of sp³-hybridized carbons (Fsp3) is 0.654. The monoisotopic (exact) mass is 460 g/mol. The minimum Gasteiger partial charge on any atom is -0.379 e. The summed E-state index contributed by atoms with van der Waals surface area (Å²) in [6.45, 7) is 7.38. The molecule has 0 bridgehead atoms. The van der Waals surface area contributed by atoms with Crippen molar-refractivity contribution < 1.29 is 13.2 Å². The van der Waals surface area contributed by atoms with Crippen LogP contribution in [0.25, 0.3) is 5.70 Å². The lowest BCUT2D eigenvalue weighted by Crippen LogP contribution is -2.44. The summed E-state index contributed by atoms with van der Waals surface area (Å²) in [4.78, 5) is 13.1. The van der Waals surface area contributed by atoms with Crippen molar-refractivity contribution in [2.45, 2.75) is 84.1 Å². The Morgan fingerprint density at radius 2 is 1.75 bits per heavy atom. The molecular weight excluding hydrogens is 420 g/mol. The van der Waals surface area contributed by atoms with Gasteiger partial charge in [-0.1, -0.05) is 63.3 Å². The zero-order chi connectivity index (χ0) is 23.2. The molecule has 0 spiro atoms. The van der Waals surface area contributed by atoms with E-state index in [1.165, 1.54) is 24.8 Å². The van der Waals surface area contributed by atoms with Gasteiger partial charge >= 0.3 is 0 Å². The first-order valence-electron chi connectivity index (χ1n) is 12.3. The Morgan fingerprint density at radius 3 is 2.47 bits per heavy atom. The molecule has 1 aromatic carbocycles. The van der Waals surface area contributed by atoms with Gasteiger partial charge in [-0.15, -0.1) is 0 Å². The second kappa shape index (κ2) is 11.0. The van der Waals surface area contributed by atoms with Crippen LogP contribution in [0.2, 0.25) is 0 Å². The lowest BCUT2D eigenvalue weighted by Gasteiger charge is -2.36. The number of carbonyl (C=O) groups is 1. The van der Waals surface area contributed by atoms with Gasteiger partial charge in [-0.3, -0.25) is 4.79 Å². The molecule has 1 aromatic rings. The molecule has 0 unspecified atom stereocenters. The van der Waals surface area contributed by atoms with Gasteiger partial charge in [-0.25, -0.2) is 12.7 Å². The van der Waals surface area contributed by atoms with E-state index in [0.717, 1.165) is 36.9 Å². The van der Waals surface area contributed by atoms with Crippen LogP contribution in [0.1, 0.15) is 83.3 Å². The molecular formula is C26H40N2O3S. The molecule has 0 amide bonds. The molecule has 178 valence electrons. The van der Waals surface area contributed by atoms with E-state index in [4.69, 9.17) is 0 Å². The minimum absolute atomic E-state index is 0.103. The molecule has 0 aliphatic carbocycles. The maximum atomic E-state index is 13.1. The number of piperidine rings is 1. The summed E-state index contributed by atoms with van der Waals surface area (Å²) in [5.41, 5.74) is 3.14. The van der Waals surface area contributed by atoms with E-state index < -0.39 is 10.0 Å². The van der Waals surface area contributed by atoms with Crippen molar-refractivity contribution in [2.75, 3.05) is 18.8 Å². The Morgan fingerprint density at radius 1 is 1.09 bits per heavy atom. The number of benzene rings is 1. The summed E-state index contributed by atoms with van der Waals surface area (Å²) in [5, 5.41) is 3.53. The van der Waals surface area contributed by atoms with Crippen LogP contribution in [0.3, 0.4) is 0 Å². The molecule has 6 heteroatoms. The van der Waals surface area contributed by atoms with Gasteiger partial charge in [0.05, 0.1) is 5.75 Å². The number of rotatable bonds is 10. The molecule has 1 saturated heterocycles. The third-order valence-electron chi connectivity index (χ3n) is 6.71. The lowest BCUT2D eigenvalue weighted by atomic mass is 9.84. The molecule has 0 atom stereocenters. The van der Waals surface area contributed by atoms with Crippen molar-refractivity contribution >= 4 is 21.5 Å². The van der Waals surface area contributed by atoms with Crippen LogP contribution in [0, 0.1) is 5.92 Å². The number of hydrogen-bond donors (Lipinski definition) is 1. The number of hydrogen-bond acceptors (Lipinski definition) is 4. The van der Waals surface area contributed by atoms with Gasteiger partial charge in [0.15, 0.2) is 5.78 Å². The number of ketones is 1. The molecule has 5 nitrogen and oxygen atoms in total. The molecule has 2 aliphatic rings. The van der Waals surface area contributed by atoms with E-state index in [2.05, 4.69) is 38.2 Å². The molecule has 1 N–H and O–H groups in total. The van der Waals surface area contributed by atoms with Crippen molar-refractivity contribution in [1.82, 2.24) is 9.62 Å². The number of nitrogens with zero attached hydrogens (tertiary/aromatic N) is 1. The van der Waals surface area contributed by atoms with Crippen LogP contribution in [0.4, 0.5) is 0 Å². The van der Waals surface area contributed by atoms with Crippen LogP contribution < -0.4 is 5.32 Å². The summed E-state index contributed by atoms with van der Waals surface area (Å²) in [7, 11) is -3.21. The van der Waals surface area contributed by atoms with E-state index in [1.807, 2.05) is 12.1 Å². The maximum Gasteiger partial charge on any atom is 0.214 e. The highest BCUT2D eigenvalue weighted by Gasteiger charge is 2.32. The predicted octanol–water partition coefficient (Wildman–Crippen LogP) is 4.92. The largest absolute Gasteiger partial charge is 0.379 e. The van der Waals surface area contributed by atoms with Gasteiger partial charge in [0.2, 0.25) is 10.0 Å². The Balaban J connectivity index is 1.54. The first-order valence-corrected chi connectivity index (χ1v) is 13.9. The standard InChI is InChI=1S/C26H40N2O3S/c1-4-5-6-7-8-11-18-32(30,31)28-16-14-21(15-17-28)25(29)19-24-23-13-10-9-12-22(23)20-26(2,3)27-24/h9-10,12-13,19,21,27H,4-8,11,14-18,20H2,1-3H3/b24-19-. The molecule has 0 saturated carbocycles. The number of sulfonamides is 1. The van der Waals surface area contributed by atoms with E-state index in [9.17, 15) is 13.2 Å². The Bertz CT molecular complexity index is 913. The van der Waals surface area contributed by atoms with Crippen molar-refractivity contribution in [3.8, 4) is 0 Å². The normalized spacial score (nSPS) is 20.7. The zero-order valence-electron chi connectivity index (χ0n) is 20.0. The highest BCUT2D eigenvalue weighted by atomic mass is 32.2. The lowest BCUT2D eigenvalue weighted by molar-refractivity contribution is -0.119. The SMILES string of the molecule is CCCCCCCCS(=O)(=O)N1CCC(C(=O)/C=C2\NC(C)(C)Cc3ccccc32)CC1. The summed E-state index contributed by atoms with van der Waals surface area (Å²) in [6, 6.07) is 8.24. The van der Waals surface area contributed by atoms with Crippen molar-refractivity contribution in [1.29, 1.82) is 0 Å². The van der Waals surface area contributed by atoms with Gasteiger partial charge in [0, 0.05) is 41.9 Å². The summed E-state index contributed by atoms with van der Waals surface area (Å²) in [6.07, 6.45) is 10.3. The highest BCUT2D eigenvalue weighted by molar-refractivity contribution is 7.89. The highest BCUT2D eigenvalue weighted by Crippen LogP contribution is 2.30. The molecule has 0 radical (unpaired) electrons. The third-order valence-corrected chi connectivity index (χ3v) is 8.66. The summed E-state index contributed by atoms with van der Waals surface area (Å²) >= 11 is 0. The zero-order valence-corrected chi connectivity index (χ0v) is 20.8. The molecule has 3 rings (SSSR count). The quantitative estimate of drug-likeness (QED) is 0.397. The van der Waals surface area contributed by atoms with E-state index >= 15 is 0 Å². The van der Waals surface area contributed by atoms with Crippen LogP contribution in [0.5, 0.6) is 0 Å². The second-order valence-electron chi connectivity index (χ2n) is 10.1. The number of carbonyl (C=O) groups excluding carboxylic acids is 1. The fourth-order valence-corrected chi connectivity index (χ4v) is 6.47. The molecule has 2 aliphatic heterocycles. The minimum atomic E-state index is -3.21. The molecule has 2 heterocycles. The van der Waals surface area contributed by atoms with Crippen LogP contribution in [-0.2, 0) is 21.2 Å². The topological polar surface area (TPSA) is 66.5 Å². The van der Waals surface area contributed by atoms with E-state index in [0.29, 0.717) is 25.9 Å². The maximum absolute atomic E-state index is 13.1. The van der Waals surface area contributed by atoms with Crippen LogP contribution in [0.15, 0.2) is 30.3 Å². The van der Waals surface area contributed by atoms with Gasteiger partial charge in [0.1, 0.15) is 0 Å². The smallest absolute Gasteiger partial charge is 0.214 e. The fourth-order valence-electron chi connectivity index (χ4n) is 4.88. The van der Waals surface area contributed by atoms with Gasteiger partial charge < -0.3 is 5.32 Å². The van der Waals surface area contributed by atoms with Gasteiger partial charge in [-0.05, 0) is 45.1 Å². The first-order chi connectivity index (χ1) is 15.2.